The Morgan fingerprint density at radius 3 is 2.50 bits per heavy atom. The van der Waals surface area contributed by atoms with Crippen molar-refractivity contribution in [1.82, 2.24) is 0 Å². The Kier molecular flexibility index (Phi) is 6.30. The Hall–Kier alpha value is -2.88. The molecule has 1 aliphatic carbocycles. The van der Waals surface area contributed by atoms with Crippen molar-refractivity contribution in [2.45, 2.75) is 32.6 Å². The van der Waals surface area contributed by atoms with E-state index in [1.807, 2.05) is 36.4 Å². The average Bonchev–Trinajstić information content (AvgIpc) is 2.73. The second kappa shape index (κ2) is 8.87. The lowest BCUT2D eigenvalue weighted by Gasteiger charge is -2.29. The van der Waals surface area contributed by atoms with Gasteiger partial charge in [-0.05, 0) is 60.2 Å². The third kappa shape index (κ3) is 4.16. The van der Waals surface area contributed by atoms with E-state index in [0.29, 0.717) is 6.42 Å². The zero-order chi connectivity index (χ0) is 20.1. The molecule has 1 aliphatic rings. The summed E-state index contributed by atoms with van der Waals surface area (Å²) in [6, 6.07) is 15.8. The third-order valence-corrected chi connectivity index (χ3v) is 5.26. The summed E-state index contributed by atoms with van der Waals surface area (Å²) in [6.45, 7) is 4.12. The molecule has 3 rings (SSSR count). The highest BCUT2D eigenvalue weighted by Gasteiger charge is 2.39. The van der Waals surface area contributed by atoms with Gasteiger partial charge in [-0.2, -0.15) is 0 Å². The molecule has 2 aromatic rings. The van der Waals surface area contributed by atoms with Crippen molar-refractivity contribution in [3.05, 3.63) is 71.3 Å². The van der Waals surface area contributed by atoms with Gasteiger partial charge in [0.1, 0.15) is 11.7 Å². The number of hydrogen-bond donors (Lipinski definition) is 0. The molecule has 0 bridgehead atoms. The highest BCUT2D eigenvalue weighted by atomic mass is 16.5. The number of aryl methyl sites for hydroxylation is 1. The fourth-order valence-electron chi connectivity index (χ4n) is 3.72. The van der Waals surface area contributed by atoms with Gasteiger partial charge in [0, 0.05) is 5.92 Å². The quantitative estimate of drug-likeness (QED) is 0.545. The summed E-state index contributed by atoms with van der Waals surface area (Å²) in [5.41, 5.74) is 4.05. The topological polar surface area (TPSA) is 52.6 Å². The van der Waals surface area contributed by atoms with Crippen molar-refractivity contribution in [1.29, 1.82) is 0 Å². The normalized spacial score (nSPS) is 19.1. The maximum atomic E-state index is 12.9. The highest BCUT2D eigenvalue weighted by molar-refractivity contribution is 6.10. The second-order valence-electron chi connectivity index (χ2n) is 6.94. The Labute approximate surface area is 166 Å². The molecular formula is C24H26O4. The summed E-state index contributed by atoms with van der Waals surface area (Å²) in [4.78, 5) is 25.5. The molecule has 0 saturated carbocycles. The number of carbonyl (C=O) groups is 2. The molecule has 4 nitrogen and oxygen atoms in total. The average molecular weight is 378 g/mol. The van der Waals surface area contributed by atoms with Gasteiger partial charge in [-0.1, -0.05) is 43.3 Å². The van der Waals surface area contributed by atoms with Crippen LogP contribution >= 0.6 is 0 Å². The first-order valence-corrected chi connectivity index (χ1v) is 9.71. The second-order valence-corrected chi connectivity index (χ2v) is 6.94. The van der Waals surface area contributed by atoms with Crippen molar-refractivity contribution in [3.63, 3.8) is 0 Å². The smallest absolute Gasteiger partial charge is 0.317 e. The molecule has 0 saturated heterocycles. The predicted molar refractivity (Wildman–Crippen MR) is 109 cm³/mol. The van der Waals surface area contributed by atoms with Crippen LogP contribution in [0.4, 0.5) is 0 Å². The van der Waals surface area contributed by atoms with Gasteiger partial charge in [-0.15, -0.1) is 0 Å². The van der Waals surface area contributed by atoms with Gasteiger partial charge in [-0.3, -0.25) is 9.59 Å². The lowest BCUT2D eigenvalue weighted by Crippen LogP contribution is -2.34. The molecular weight excluding hydrogens is 352 g/mol. The first-order chi connectivity index (χ1) is 13.6. The molecule has 146 valence electrons. The Balaban J connectivity index is 2.01. The molecule has 28 heavy (non-hydrogen) atoms. The van der Waals surface area contributed by atoms with Gasteiger partial charge in [0.2, 0.25) is 0 Å². The number of carbonyl (C=O) groups excluding carboxylic acids is 2. The van der Waals surface area contributed by atoms with E-state index in [2.05, 4.69) is 19.1 Å². The van der Waals surface area contributed by atoms with E-state index in [9.17, 15) is 9.59 Å². The van der Waals surface area contributed by atoms with Gasteiger partial charge in [0.05, 0.1) is 13.7 Å². The van der Waals surface area contributed by atoms with Gasteiger partial charge in [0.15, 0.2) is 5.78 Å². The number of methoxy groups -OCH3 is 1. The van der Waals surface area contributed by atoms with E-state index in [-0.39, 0.29) is 18.3 Å². The standard InChI is InChI=1S/C24H26O4/c1-4-16-9-11-17(12-10-16)21-14-19(18-7-6-8-20(13-18)27-3)15-22(25)23(21)24(26)28-5-2/h6-13,15,21,23H,4-5,14H2,1-3H3/t21-,23-/m0/s1. The van der Waals surface area contributed by atoms with E-state index >= 15 is 0 Å². The lowest BCUT2D eigenvalue weighted by molar-refractivity contribution is -0.151. The summed E-state index contributed by atoms with van der Waals surface area (Å²) in [7, 11) is 1.62. The highest BCUT2D eigenvalue weighted by Crippen LogP contribution is 2.40. The van der Waals surface area contributed by atoms with Gasteiger partial charge in [0.25, 0.3) is 0 Å². The summed E-state index contributed by atoms with van der Waals surface area (Å²) in [5.74, 6) is -0.960. The number of esters is 1. The van der Waals surface area contributed by atoms with E-state index in [4.69, 9.17) is 9.47 Å². The molecule has 0 unspecified atom stereocenters. The van der Waals surface area contributed by atoms with Crippen molar-refractivity contribution in [2.24, 2.45) is 5.92 Å². The van der Waals surface area contributed by atoms with Crippen LogP contribution in [-0.4, -0.2) is 25.5 Å². The molecule has 0 N–H and O–H groups in total. The molecule has 0 aliphatic heterocycles. The van der Waals surface area contributed by atoms with Crippen LogP contribution in [0, 0.1) is 5.92 Å². The first kappa shape index (κ1) is 19.9. The van der Waals surface area contributed by atoms with Crippen LogP contribution in [0.5, 0.6) is 5.75 Å². The zero-order valence-electron chi connectivity index (χ0n) is 16.6. The van der Waals surface area contributed by atoms with E-state index in [0.717, 1.165) is 28.9 Å². The maximum Gasteiger partial charge on any atom is 0.317 e. The molecule has 4 heteroatoms. The van der Waals surface area contributed by atoms with Crippen LogP contribution in [0.25, 0.3) is 5.57 Å². The van der Waals surface area contributed by atoms with Crippen LogP contribution in [0.3, 0.4) is 0 Å². The van der Waals surface area contributed by atoms with Gasteiger partial charge < -0.3 is 9.47 Å². The van der Waals surface area contributed by atoms with Crippen LogP contribution in [-0.2, 0) is 20.7 Å². The minimum atomic E-state index is -0.804. The van der Waals surface area contributed by atoms with Crippen LogP contribution in [0.15, 0.2) is 54.6 Å². The van der Waals surface area contributed by atoms with Crippen molar-refractivity contribution < 1.29 is 19.1 Å². The fraction of sp³-hybridized carbons (Fsp3) is 0.333. The molecule has 0 spiro atoms. The molecule has 0 fully saturated rings. The maximum absolute atomic E-state index is 12.9. The Morgan fingerprint density at radius 2 is 1.86 bits per heavy atom. The van der Waals surface area contributed by atoms with E-state index < -0.39 is 11.9 Å². The number of ether oxygens (including phenoxy) is 2. The molecule has 0 heterocycles. The molecule has 2 aromatic carbocycles. The Bertz CT molecular complexity index is 880. The van der Waals surface area contributed by atoms with Crippen molar-refractivity contribution in [2.75, 3.05) is 13.7 Å². The minimum absolute atomic E-state index is 0.202. The fourth-order valence-corrected chi connectivity index (χ4v) is 3.72. The Morgan fingerprint density at radius 1 is 1.11 bits per heavy atom. The molecule has 0 aromatic heterocycles. The molecule has 0 radical (unpaired) electrons. The number of allylic oxidation sites excluding steroid dienone is 2. The van der Waals surface area contributed by atoms with Crippen LogP contribution in [0.1, 0.15) is 42.9 Å². The van der Waals surface area contributed by atoms with E-state index in [1.165, 1.54) is 5.56 Å². The number of ketones is 1. The first-order valence-electron chi connectivity index (χ1n) is 9.71. The predicted octanol–water partition coefficient (Wildman–Crippen LogP) is 4.58. The minimum Gasteiger partial charge on any atom is -0.497 e. The number of rotatable bonds is 6. The van der Waals surface area contributed by atoms with Crippen molar-refractivity contribution >= 4 is 17.3 Å². The van der Waals surface area contributed by atoms with Gasteiger partial charge in [-0.25, -0.2) is 0 Å². The van der Waals surface area contributed by atoms with Crippen LogP contribution in [0.2, 0.25) is 0 Å². The SMILES string of the molecule is CCOC(=O)[C@@H]1C(=O)C=C(c2cccc(OC)c2)C[C@H]1c1ccc(CC)cc1. The largest absolute Gasteiger partial charge is 0.497 e. The summed E-state index contributed by atoms with van der Waals surface area (Å²) in [6.07, 6.45) is 3.13. The lowest BCUT2D eigenvalue weighted by atomic mass is 9.73. The molecule has 0 amide bonds. The number of hydrogen-bond acceptors (Lipinski definition) is 4. The number of benzene rings is 2. The van der Waals surface area contributed by atoms with Gasteiger partial charge >= 0.3 is 5.97 Å². The monoisotopic (exact) mass is 378 g/mol. The van der Waals surface area contributed by atoms with Crippen LogP contribution < -0.4 is 4.74 Å². The third-order valence-electron chi connectivity index (χ3n) is 5.26. The molecule has 2 atom stereocenters. The van der Waals surface area contributed by atoms with Crippen molar-refractivity contribution in [3.8, 4) is 5.75 Å². The zero-order valence-corrected chi connectivity index (χ0v) is 16.6. The van der Waals surface area contributed by atoms with E-state index in [1.54, 1.807) is 20.1 Å². The summed E-state index contributed by atoms with van der Waals surface area (Å²) < 4.78 is 10.5. The summed E-state index contributed by atoms with van der Waals surface area (Å²) in [5, 5.41) is 0. The summed E-state index contributed by atoms with van der Waals surface area (Å²) >= 11 is 0.